The van der Waals surface area contributed by atoms with Gasteiger partial charge in [-0.05, 0) is 12.8 Å². The van der Waals surface area contributed by atoms with E-state index in [1.165, 1.54) is 12.2 Å². The van der Waals surface area contributed by atoms with Crippen LogP contribution in [0.1, 0.15) is 12.8 Å². The molecular formula is C16H22O4S. The summed E-state index contributed by atoms with van der Waals surface area (Å²) in [4.78, 5) is 21.4. The zero-order valence-corrected chi connectivity index (χ0v) is 12.9. The van der Waals surface area contributed by atoms with E-state index in [9.17, 15) is 9.59 Å². The van der Waals surface area contributed by atoms with Gasteiger partial charge in [0.15, 0.2) is 0 Å². The van der Waals surface area contributed by atoms with E-state index >= 15 is 0 Å². The first-order chi connectivity index (χ1) is 9.95. The van der Waals surface area contributed by atoms with Gasteiger partial charge >= 0.3 is 11.9 Å². The smallest absolute Gasteiger partial charge is 0.332 e. The van der Waals surface area contributed by atoms with Gasteiger partial charge < -0.3 is 10.2 Å². The van der Waals surface area contributed by atoms with Crippen LogP contribution in [0.25, 0.3) is 0 Å². The Balaban J connectivity index is 0. The van der Waals surface area contributed by atoms with Crippen molar-refractivity contribution in [3.8, 4) is 0 Å². The van der Waals surface area contributed by atoms with Crippen molar-refractivity contribution in [1.82, 2.24) is 0 Å². The number of allylic oxidation sites excluding steroid dienone is 2. The molecule has 0 aliphatic carbocycles. The van der Waals surface area contributed by atoms with Gasteiger partial charge in [0, 0.05) is 11.5 Å². The fourth-order valence-corrected chi connectivity index (χ4v) is 1.67. The molecule has 0 spiro atoms. The minimum Gasteiger partial charge on any atom is -0.478 e. The molecular weight excluding hydrogens is 288 g/mol. The second kappa shape index (κ2) is 14.4. The van der Waals surface area contributed by atoms with Gasteiger partial charge in [-0.3, -0.25) is 0 Å². The molecule has 0 aliphatic heterocycles. The highest BCUT2D eigenvalue weighted by Crippen LogP contribution is 2.14. The molecule has 0 aromatic heterocycles. The summed E-state index contributed by atoms with van der Waals surface area (Å²) in [6.45, 7) is 13.9. The zero-order chi connectivity index (χ0) is 16.7. The van der Waals surface area contributed by atoms with Crippen molar-refractivity contribution in [2.75, 3.05) is 11.5 Å². The first-order valence-corrected chi connectivity index (χ1v) is 7.31. The van der Waals surface area contributed by atoms with E-state index < -0.39 is 11.9 Å². The zero-order valence-electron chi connectivity index (χ0n) is 12.1. The van der Waals surface area contributed by atoms with Crippen molar-refractivity contribution in [1.29, 1.82) is 0 Å². The van der Waals surface area contributed by atoms with Crippen molar-refractivity contribution in [2.24, 2.45) is 0 Å². The second-order valence-corrected chi connectivity index (χ2v) is 4.74. The summed E-state index contributed by atoms with van der Waals surface area (Å²) in [6, 6.07) is 0. The van der Waals surface area contributed by atoms with E-state index in [-0.39, 0.29) is 24.0 Å². The third-order valence-corrected chi connectivity index (χ3v) is 2.99. The molecule has 0 heterocycles. The van der Waals surface area contributed by atoms with E-state index in [0.29, 0.717) is 0 Å². The third-order valence-electron chi connectivity index (χ3n) is 2.05. The van der Waals surface area contributed by atoms with Crippen LogP contribution in [0, 0.1) is 0 Å². The fraction of sp³-hybridized carbons (Fsp3) is 0.250. The first kappa shape index (κ1) is 21.3. The van der Waals surface area contributed by atoms with Gasteiger partial charge in [0.2, 0.25) is 0 Å². The summed E-state index contributed by atoms with van der Waals surface area (Å²) < 4.78 is 0. The average molecular weight is 310 g/mol. The molecule has 5 heteroatoms. The van der Waals surface area contributed by atoms with E-state index in [1.807, 2.05) is 23.9 Å². The monoisotopic (exact) mass is 310 g/mol. The predicted molar refractivity (Wildman–Crippen MR) is 89.6 cm³/mol. The molecule has 0 fully saturated rings. The number of aliphatic carboxylic acids is 2. The number of carboxylic acid groups (broad SMARTS) is 2. The van der Waals surface area contributed by atoms with Crippen molar-refractivity contribution in [3.05, 3.63) is 61.8 Å². The normalized spacial score (nSPS) is 10.3. The van der Waals surface area contributed by atoms with Crippen LogP contribution in [0.4, 0.5) is 0 Å². The minimum absolute atomic E-state index is 0.0325. The summed E-state index contributed by atoms with van der Waals surface area (Å²) >= 11 is 1.82. The Hall–Kier alpha value is -2.01. The molecule has 116 valence electrons. The van der Waals surface area contributed by atoms with Crippen LogP contribution in [0.5, 0.6) is 0 Å². The van der Waals surface area contributed by atoms with E-state index in [2.05, 4.69) is 26.3 Å². The van der Waals surface area contributed by atoms with Crippen LogP contribution in [-0.2, 0) is 9.59 Å². The fourth-order valence-electron chi connectivity index (χ4n) is 1.20. The lowest BCUT2D eigenvalue weighted by molar-refractivity contribution is -0.136. The van der Waals surface area contributed by atoms with Crippen molar-refractivity contribution in [3.63, 3.8) is 0 Å². The highest BCUT2D eigenvalue weighted by molar-refractivity contribution is 7.99. The number of hydrogen-bond acceptors (Lipinski definition) is 3. The summed E-state index contributed by atoms with van der Waals surface area (Å²) in [5, 5.41) is 17.5. The van der Waals surface area contributed by atoms with Crippen LogP contribution in [0.3, 0.4) is 0 Å². The number of carboxylic acids is 2. The standard InChI is InChI=1S/C10H12O4.C6H10S/c1-3-5-7(9(11)12)8(6-4-2)10(13)14;1-3-5-7-6-4-2/h3-4H,1-2,5-6H2,(H,11,12)(H,13,14);3-4H,1-2,5-6H2/b8-7-;. The molecule has 2 N–H and O–H groups in total. The molecule has 0 radical (unpaired) electrons. The molecule has 0 amide bonds. The lowest BCUT2D eigenvalue weighted by Crippen LogP contribution is -2.10. The maximum absolute atomic E-state index is 10.7. The largest absolute Gasteiger partial charge is 0.478 e. The SMILES string of the molecule is C=CC/C(C(=O)O)=C(\CC=C)C(=O)O.C=CCSCC=C. The van der Waals surface area contributed by atoms with Crippen LogP contribution >= 0.6 is 11.8 Å². The predicted octanol–water partition coefficient (Wildman–Crippen LogP) is 3.70. The molecule has 0 saturated heterocycles. The van der Waals surface area contributed by atoms with Gasteiger partial charge in [-0.15, -0.1) is 26.3 Å². The Kier molecular flexibility index (Phi) is 14.6. The van der Waals surface area contributed by atoms with Crippen molar-refractivity contribution < 1.29 is 19.8 Å². The molecule has 0 saturated carbocycles. The Bertz CT molecular complexity index is 384. The number of carbonyl (C=O) groups is 2. The molecule has 0 rings (SSSR count). The first-order valence-electron chi connectivity index (χ1n) is 6.16. The van der Waals surface area contributed by atoms with Crippen LogP contribution < -0.4 is 0 Å². The molecule has 0 unspecified atom stereocenters. The van der Waals surface area contributed by atoms with Gasteiger partial charge in [0.25, 0.3) is 0 Å². The molecule has 4 nitrogen and oxygen atoms in total. The molecule has 0 atom stereocenters. The van der Waals surface area contributed by atoms with Gasteiger partial charge in [-0.1, -0.05) is 24.3 Å². The van der Waals surface area contributed by atoms with Gasteiger partial charge in [-0.25, -0.2) is 9.59 Å². The number of hydrogen-bond donors (Lipinski definition) is 2. The highest BCUT2D eigenvalue weighted by Gasteiger charge is 2.17. The van der Waals surface area contributed by atoms with Gasteiger partial charge in [0.1, 0.15) is 0 Å². The molecule has 0 bridgehead atoms. The quantitative estimate of drug-likeness (QED) is 0.365. The summed E-state index contributed by atoms with van der Waals surface area (Å²) in [7, 11) is 0. The molecule has 0 aromatic carbocycles. The number of rotatable bonds is 10. The molecule has 0 aromatic rings. The lowest BCUT2D eigenvalue weighted by atomic mass is 10.0. The summed E-state index contributed by atoms with van der Waals surface area (Å²) in [6.07, 6.45) is 6.57. The van der Waals surface area contributed by atoms with Gasteiger partial charge in [0.05, 0.1) is 11.1 Å². The van der Waals surface area contributed by atoms with Crippen LogP contribution in [0.15, 0.2) is 61.8 Å². The van der Waals surface area contributed by atoms with Crippen molar-refractivity contribution in [2.45, 2.75) is 12.8 Å². The van der Waals surface area contributed by atoms with Crippen molar-refractivity contribution >= 4 is 23.7 Å². The topological polar surface area (TPSA) is 74.6 Å². The maximum atomic E-state index is 10.7. The number of thioether (sulfide) groups is 1. The Morgan fingerprint density at radius 2 is 1.10 bits per heavy atom. The summed E-state index contributed by atoms with van der Waals surface area (Å²) in [5.41, 5.74) is -0.292. The summed E-state index contributed by atoms with van der Waals surface area (Å²) in [5.74, 6) is -0.397. The Labute approximate surface area is 130 Å². The highest BCUT2D eigenvalue weighted by atomic mass is 32.2. The van der Waals surface area contributed by atoms with E-state index in [1.54, 1.807) is 0 Å². The minimum atomic E-state index is -1.23. The molecule has 0 aliphatic rings. The van der Waals surface area contributed by atoms with Crippen LogP contribution in [-0.4, -0.2) is 33.7 Å². The van der Waals surface area contributed by atoms with E-state index in [4.69, 9.17) is 10.2 Å². The second-order valence-electron chi connectivity index (χ2n) is 3.67. The maximum Gasteiger partial charge on any atom is 0.332 e. The van der Waals surface area contributed by atoms with Gasteiger partial charge in [-0.2, -0.15) is 11.8 Å². The van der Waals surface area contributed by atoms with Crippen LogP contribution in [0.2, 0.25) is 0 Å². The Morgan fingerprint density at radius 1 is 0.762 bits per heavy atom. The molecule has 21 heavy (non-hydrogen) atoms. The third kappa shape index (κ3) is 11.5. The van der Waals surface area contributed by atoms with E-state index in [0.717, 1.165) is 11.5 Å². The Morgan fingerprint density at radius 3 is 1.29 bits per heavy atom. The lowest BCUT2D eigenvalue weighted by Gasteiger charge is -2.04. The average Bonchev–Trinajstić information content (AvgIpc) is 2.43.